The molecule has 156 valence electrons. The molecule has 0 radical (unpaired) electrons. The molecule has 0 fully saturated rings. The van der Waals surface area contributed by atoms with Gasteiger partial charge in [-0.05, 0) is 36.2 Å². The monoisotopic (exact) mass is 407 g/mol. The number of fused-ring (bicyclic) bond motifs is 1. The molecule has 0 unspecified atom stereocenters. The third-order valence-corrected chi connectivity index (χ3v) is 5.50. The molecule has 1 N–H and O–H groups in total. The molecule has 0 atom stereocenters. The van der Waals surface area contributed by atoms with Crippen molar-refractivity contribution in [1.82, 2.24) is 14.7 Å². The molecule has 0 aliphatic carbocycles. The van der Waals surface area contributed by atoms with Gasteiger partial charge in [-0.15, -0.1) is 0 Å². The number of amides is 1. The molecule has 1 aliphatic heterocycles. The number of aromatic amines is 1. The first kappa shape index (κ1) is 19.8. The van der Waals surface area contributed by atoms with Crippen LogP contribution in [-0.2, 0) is 24.2 Å². The number of nitrogens with one attached hydrogen (secondary N) is 1. The smallest absolute Gasteiger partial charge is 0.276 e. The summed E-state index contributed by atoms with van der Waals surface area (Å²) in [6.45, 7) is 0.946. The molecule has 2 heterocycles. The Labute approximate surface area is 174 Å². The number of methoxy groups -OCH3 is 2. The lowest BCUT2D eigenvalue weighted by atomic mass is 10.1. The fraction of sp³-hybridized carbons (Fsp3) is 0.304. The topological polar surface area (TPSA) is 76.6 Å². The molecule has 0 bridgehead atoms. The number of aryl methyl sites for hydroxylation is 1. The fourth-order valence-corrected chi connectivity index (χ4v) is 3.82. The Bertz CT molecular complexity index is 1100. The number of ether oxygens (including phenoxy) is 2. The lowest BCUT2D eigenvalue weighted by Gasteiger charge is -2.26. The molecule has 1 aromatic heterocycles. The van der Waals surface area contributed by atoms with Crippen LogP contribution in [0.4, 0.5) is 0 Å². The van der Waals surface area contributed by atoms with E-state index in [0.29, 0.717) is 49.4 Å². The molecule has 7 nitrogen and oxygen atoms in total. The van der Waals surface area contributed by atoms with Gasteiger partial charge in [-0.3, -0.25) is 14.7 Å². The highest BCUT2D eigenvalue weighted by Crippen LogP contribution is 2.28. The van der Waals surface area contributed by atoms with Gasteiger partial charge in [0, 0.05) is 25.1 Å². The van der Waals surface area contributed by atoms with Gasteiger partial charge in [0.05, 0.1) is 32.0 Å². The summed E-state index contributed by atoms with van der Waals surface area (Å²) in [6.07, 6.45) is 1.62. The number of hydrogen-bond donors (Lipinski definition) is 1. The molecule has 2 aromatic carbocycles. The van der Waals surface area contributed by atoms with E-state index in [2.05, 4.69) is 5.10 Å². The van der Waals surface area contributed by atoms with E-state index in [-0.39, 0.29) is 11.5 Å². The summed E-state index contributed by atoms with van der Waals surface area (Å²) in [5.41, 5.74) is 3.29. The number of nitrogens with zero attached hydrogens (tertiary/aromatic N) is 2. The summed E-state index contributed by atoms with van der Waals surface area (Å²) < 4.78 is 12.1. The van der Waals surface area contributed by atoms with Gasteiger partial charge in [-0.1, -0.05) is 24.3 Å². The van der Waals surface area contributed by atoms with E-state index in [9.17, 15) is 9.59 Å². The zero-order chi connectivity index (χ0) is 21.1. The highest BCUT2D eigenvalue weighted by atomic mass is 16.5. The van der Waals surface area contributed by atoms with Crippen LogP contribution in [0, 0.1) is 0 Å². The van der Waals surface area contributed by atoms with Crippen molar-refractivity contribution in [3.8, 4) is 17.2 Å². The van der Waals surface area contributed by atoms with Crippen LogP contribution in [0.3, 0.4) is 0 Å². The number of hydrogen-bond acceptors (Lipinski definition) is 4. The molecule has 3 aromatic rings. The van der Waals surface area contributed by atoms with E-state index in [4.69, 9.17) is 9.47 Å². The summed E-state index contributed by atoms with van der Waals surface area (Å²) in [4.78, 5) is 27.4. The van der Waals surface area contributed by atoms with Gasteiger partial charge in [0.15, 0.2) is 11.5 Å². The van der Waals surface area contributed by atoms with Crippen LogP contribution in [0.5, 0.6) is 11.5 Å². The van der Waals surface area contributed by atoms with Gasteiger partial charge >= 0.3 is 0 Å². The summed E-state index contributed by atoms with van der Waals surface area (Å²) in [6, 6.07) is 15.1. The molecular weight excluding hydrogens is 382 g/mol. The van der Waals surface area contributed by atoms with Crippen LogP contribution in [0.1, 0.15) is 23.2 Å². The van der Waals surface area contributed by atoms with Crippen molar-refractivity contribution in [3.05, 3.63) is 75.7 Å². The third-order valence-electron chi connectivity index (χ3n) is 5.50. The van der Waals surface area contributed by atoms with Gasteiger partial charge in [0.1, 0.15) is 0 Å². The van der Waals surface area contributed by atoms with Gasteiger partial charge in [0.2, 0.25) is 5.91 Å². The molecule has 0 spiro atoms. The van der Waals surface area contributed by atoms with E-state index in [1.165, 1.54) is 0 Å². The predicted molar refractivity (Wildman–Crippen MR) is 113 cm³/mol. The van der Waals surface area contributed by atoms with Gasteiger partial charge < -0.3 is 14.4 Å². The molecule has 1 amide bonds. The van der Waals surface area contributed by atoms with E-state index in [1.54, 1.807) is 23.8 Å². The first-order valence-electron chi connectivity index (χ1n) is 9.97. The average Bonchev–Trinajstić information content (AvgIpc) is 3.13. The van der Waals surface area contributed by atoms with Crippen molar-refractivity contribution in [3.63, 3.8) is 0 Å². The second-order valence-corrected chi connectivity index (χ2v) is 7.30. The molecule has 1 aliphatic rings. The highest BCUT2D eigenvalue weighted by Gasteiger charge is 2.25. The SMILES string of the molecule is COc1ccc(CCC(=O)N2CCc3[nH]n(-c4ccccc4)c(=O)c3C2)cc1OC. The van der Waals surface area contributed by atoms with E-state index in [1.807, 2.05) is 48.5 Å². The maximum absolute atomic E-state index is 12.9. The summed E-state index contributed by atoms with van der Waals surface area (Å²) in [5, 5.41) is 3.20. The molecular formula is C23H25N3O4. The van der Waals surface area contributed by atoms with Gasteiger partial charge in [-0.25, -0.2) is 4.68 Å². The van der Waals surface area contributed by atoms with E-state index < -0.39 is 0 Å². The van der Waals surface area contributed by atoms with Crippen molar-refractivity contribution in [2.24, 2.45) is 0 Å². The van der Waals surface area contributed by atoms with Crippen molar-refractivity contribution in [2.75, 3.05) is 20.8 Å². The van der Waals surface area contributed by atoms with Crippen LogP contribution in [0.15, 0.2) is 53.3 Å². The van der Waals surface area contributed by atoms with Gasteiger partial charge in [0.25, 0.3) is 5.56 Å². The first-order valence-corrected chi connectivity index (χ1v) is 9.97. The Balaban J connectivity index is 1.44. The molecule has 7 heteroatoms. The Morgan fingerprint density at radius 3 is 2.57 bits per heavy atom. The zero-order valence-corrected chi connectivity index (χ0v) is 17.2. The van der Waals surface area contributed by atoms with Crippen LogP contribution in [-0.4, -0.2) is 41.4 Å². The Kier molecular flexibility index (Phi) is 5.61. The fourth-order valence-electron chi connectivity index (χ4n) is 3.82. The third kappa shape index (κ3) is 3.83. The largest absolute Gasteiger partial charge is 0.493 e. The minimum atomic E-state index is -0.0893. The molecule has 0 saturated carbocycles. The normalized spacial score (nSPS) is 13.1. The number of benzene rings is 2. The second kappa shape index (κ2) is 8.49. The van der Waals surface area contributed by atoms with Crippen molar-refractivity contribution in [2.45, 2.75) is 25.8 Å². The number of carbonyl (C=O) groups is 1. The highest BCUT2D eigenvalue weighted by molar-refractivity contribution is 5.76. The van der Waals surface area contributed by atoms with Gasteiger partial charge in [-0.2, -0.15) is 0 Å². The number of H-pyrrole nitrogens is 1. The minimum absolute atomic E-state index is 0.0438. The molecule has 30 heavy (non-hydrogen) atoms. The van der Waals surface area contributed by atoms with Crippen LogP contribution in [0.25, 0.3) is 5.69 Å². The number of aromatic nitrogens is 2. The Morgan fingerprint density at radius 1 is 1.07 bits per heavy atom. The van der Waals surface area contributed by atoms with E-state index in [0.717, 1.165) is 16.9 Å². The van der Waals surface area contributed by atoms with Crippen LogP contribution < -0.4 is 15.0 Å². The summed E-state index contributed by atoms with van der Waals surface area (Å²) >= 11 is 0. The zero-order valence-electron chi connectivity index (χ0n) is 17.2. The van der Waals surface area contributed by atoms with Crippen LogP contribution >= 0.6 is 0 Å². The van der Waals surface area contributed by atoms with Crippen molar-refractivity contribution >= 4 is 5.91 Å². The second-order valence-electron chi connectivity index (χ2n) is 7.30. The maximum atomic E-state index is 12.9. The first-order chi connectivity index (χ1) is 14.6. The predicted octanol–water partition coefficient (Wildman–Crippen LogP) is 2.70. The Morgan fingerprint density at radius 2 is 1.83 bits per heavy atom. The number of rotatable bonds is 6. The molecule has 0 saturated heterocycles. The maximum Gasteiger partial charge on any atom is 0.276 e. The number of para-hydroxylation sites is 1. The lowest BCUT2D eigenvalue weighted by molar-refractivity contribution is -0.132. The van der Waals surface area contributed by atoms with Crippen molar-refractivity contribution in [1.29, 1.82) is 0 Å². The minimum Gasteiger partial charge on any atom is -0.493 e. The number of carbonyl (C=O) groups excluding carboxylic acids is 1. The average molecular weight is 407 g/mol. The van der Waals surface area contributed by atoms with Crippen molar-refractivity contribution < 1.29 is 14.3 Å². The molecule has 4 rings (SSSR count). The summed E-state index contributed by atoms with van der Waals surface area (Å²) in [7, 11) is 3.19. The standard InChI is InChI=1S/C23H25N3O4/c1-29-20-10-8-16(14-21(20)30-2)9-11-22(27)25-13-12-19-18(15-25)23(28)26(24-19)17-6-4-3-5-7-17/h3-8,10,14,24H,9,11-13,15H2,1-2H3. The summed E-state index contributed by atoms with van der Waals surface area (Å²) in [5.74, 6) is 1.36. The van der Waals surface area contributed by atoms with Crippen LogP contribution in [0.2, 0.25) is 0 Å². The lowest BCUT2D eigenvalue weighted by Crippen LogP contribution is -2.37. The Hall–Kier alpha value is -3.48. The van der Waals surface area contributed by atoms with E-state index >= 15 is 0 Å². The quantitative estimate of drug-likeness (QED) is 0.682.